The third-order valence-electron chi connectivity index (χ3n) is 14.0. The van der Waals surface area contributed by atoms with Gasteiger partial charge in [0.25, 0.3) is 0 Å². The van der Waals surface area contributed by atoms with Crippen LogP contribution in [0.4, 0.5) is 0 Å². The first-order valence-corrected chi connectivity index (χ1v) is 14.1. The van der Waals surface area contributed by atoms with Gasteiger partial charge in [0.2, 0.25) is 0 Å². The minimum Gasteiger partial charge on any atom is -0.393 e. The zero-order chi connectivity index (χ0) is 22.9. The van der Waals surface area contributed by atoms with E-state index in [1.165, 1.54) is 57.8 Å². The molecule has 0 unspecified atom stereocenters. The van der Waals surface area contributed by atoms with Crippen LogP contribution in [0.3, 0.4) is 0 Å². The van der Waals surface area contributed by atoms with Gasteiger partial charge >= 0.3 is 0 Å². The summed E-state index contributed by atoms with van der Waals surface area (Å²) in [5, 5.41) is 11.6. The minimum atomic E-state index is -0.117. The van der Waals surface area contributed by atoms with Crippen molar-refractivity contribution in [2.75, 3.05) is 6.61 Å². The predicted molar refractivity (Wildman–Crippen MR) is 130 cm³/mol. The van der Waals surface area contributed by atoms with Crippen LogP contribution in [0.1, 0.15) is 113 Å². The van der Waals surface area contributed by atoms with Gasteiger partial charge in [0.15, 0.2) is 0 Å². The van der Waals surface area contributed by atoms with Crippen molar-refractivity contribution in [3.05, 3.63) is 0 Å². The Labute approximate surface area is 197 Å². The molecule has 2 nitrogen and oxygen atoms in total. The van der Waals surface area contributed by atoms with E-state index >= 15 is 0 Å². The number of hydrogen-bond acceptors (Lipinski definition) is 2. The summed E-state index contributed by atoms with van der Waals surface area (Å²) in [6, 6.07) is 0. The highest BCUT2D eigenvalue weighted by atomic mass is 16.5. The zero-order valence-electron chi connectivity index (χ0n) is 22.1. The molecule has 32 heavy (non-hydrogen) atoms. The van der Waals surface area contributed by atoms with Crippen LogP contribution in [-0.4, -0.2) is 23.9 Å². The summed E-state index contributed by atoms with van der Waals surface area (Å²) < 4.78 is 6.70. The number of aliphatic hydroxyl groups is 1. The van der Waals surface area contributed by atoms with Crippen molar-refractivity contribution in [3.8, 4) is 0 Å². The van der Waals surface area contributed by atoms with Crippen LogP contribution in [0.25, 0.3) is 0 Å². The zero-order valence-corrected chi connectivity index (χ0v) is 22.1. The molecule has 182 valence electrons. The lowest BCUT2D eigenvalue weighted by molar-refractivity contribution is -0.263. The number of fused-ring (bicyclic) bond motifs is 5. The maximum absolute atomic E-state index is 11.6. The second kappa shape index (κ2) is 6.37. The first-order valence-electron chi connectivity index (χ1n) is 14.1. The smallest absolute Gasteiger partial charge is 0.0663 e. The van der Waals surface area contributed by atoms with Gasteiger partial charge in [0, 0.05) is 5.41 Å². The quantitative estimate of drug-likeness (QED) is 0.428. The van der Waals surface area contributed by atoms with Crippen molar-refractivity contribution in [1.29, 1.82) is 0 Å². The lowest BCUT2D eigenvalue weighted by atomic mass is 9.31. The molecule has 1 heterocycles. The monoisotopic (exact) mass is 442 g/mol. The van der Waals surface area contributed by atoms with Crippen molar-refractivity contribution < 1.29 is 9.84 Å². The van der Waals surface area contributed by atoms with Crippen LogP contribution in [-0.2, 0) is 4.74 Å². The molecule has 0 aromatic carbocycles. The molecule has 1 saturated heterocycles. The molecular formula is C30H50O2. The van der Waals surface area contributed by atoms with Gasteiger partial charge in [0.05, 0.1) is 18.8 Å². The Hall–Kier alpha value is -0.0800. The van der Waals surface area contributed by atoms with Crippen LogP contribution in [0.2, 0.25) is 0 Å². The Morgan fingerprint density at radius 1 is 0.656 bits per heavy atom. The van der Waals surface area contributed by atoms with Crippen LogP contribution >= 0.6 is 0 Å². The molecule has 1 aliphatic heterocycles. The summed E-state index contributed by atoms with van der Waals surface area (Å²) in [6.45, 7) is 18.9. The second-order valence-corrected chi connectivity index (χ2v) is 15.7. The fourth-order valence-corrected chi connectivity index (χ4v) is 11.9. The van der Waals surface area contributed by atoms with Gasteiger partial charge in [-0.2, -0.15) is 0 Å². The van der Waals surface area contributed by atoms with E-state index in [1.807, 2.05) is 0 Å². The lowest BCUT2D eigenvalue weighted by Crippen LogP contribution is -2.69. The topological polar surface area (TPSA) is 29.5 Å². The Kier molecular flexibility index (Phi) is 4.46. The molecule has 0 radical (unpaired) electrons. The van der Waals surface area contributed by atoms with Gasteiger partial charge in [-0.25, -0.2) is 0 Å². The molecule has 5 aliphatic carbocycles. The minimum absolute atomic E-state index is 0.0825. The van der Waals surface area contributed by atoms with E-state index in [1.54, 1.807) is 0 Å². The van der Waals surface area contributed by atoms with Crippen LogP contribution < -0.4 is 0 Å². The molecule has 0 aromatic heterocycles. The van der Waals surface area contributed by atoms with Gasteiger partial charge in [-0.05, 0) is 115 Å². The summed E-state index contributed by atoms with van der Waals surface area (Å²) in [4.78, 5) is 0. The molecule has 10 atom stereocenters. The molecule has 2 heteroatoms. The van der Waals surface area contributed by atoms with Crippen molar-refractivity contribution in [2.45, 2.75) is 125 Å². The molecule has 6 rings (SSSR count). The number of rotatable bonds is 0. The Bertz CT molecular complexity index is 801. The fraction of sp³-hybridized carbons (Fsp3) is 1.00. The summed E-state index contributed by atoms with van der Waals surface area (Å²) in [5.41, 5.74) is 1.98. The molecular weight excluding hydrogens is 392 g/mol. The maximum atomic E-state index is 11.6. The van der Waals surface area contributed by atoms with E-state index in [4.69, 9.17) is 4.74 Å². The molecule has 1 N–H and O–H groups in total. The molecule has 0 aromatic rings. The van der Waals surface area contributed by atoms with Gasteiger partial charge in [-0.3, -0.25) is 0 Å². The molecule has 6 aliphatic rings. The summed E-state index contributed by atoms with van der Waals surface area (Å²) in [6.07, 6.45) is 13.4. The van der Waals surface area contributed by atoms with Gasteiger partial charge in [-0.15, -0.1) is 0 Å². The van der Waals surface area contributed by atoms with Gasteiger partial charge < -0.3 is 9.84 Å². The fourth-order valence-electron chi connectivity index (χ4n) is 11.9. The highest BCUT2D eigenvalue weighted by molar-refractivity contribution is 5.21. The second-order valence-electron chi connectivity index (χ2n) is 15.7. The highest BCUT2D eigenvalue weighted by Gasteiger charge is 2.73. The average molecular weight is 443 g/mol. The van der Waals surface area contributed by atoms with E-state index in [9.17, 15) is 5.11 Å². The maximum Gasteiger partial charge on any atom is 0.0663 e. The van der Waals surface area contributed by atoms with Gasteiger partial charge in [0.1, 0.15) is 0 Å². The van der Waals surface area contributed by atoms with Crippen molar-refractivity contribution >= 4 is 0 Å². The van der Waals surface area contributed by atoms with Crippen LogP contribution in [0.5, 0.6) is 0 Å². The van der Waals surface area contributed by atoms with Crippen LogP contribution in [0, 0.1) is 56.2 Å². The van der Waals surface area contributed by atoms with Crippen molar-refractivity contribution in [3.63, 3.8) is 0 Å². The Balaban J connectivity index is 1.42. The first-order chi connectivity index (χ1) is 14.8. The molecule has 6 fully saturated rings. The first kappa shape index (κ1) is 22.4. The van der Waals surface area contributed by atoms with E-state index in [-0.39, 0.29) is 11.5 Å². The summed E-state index contributed by atoms with van der Waals surface area (Å²) >= 11 is 0. The highest BCUT2D eigenvalue weighted by Crippen LogP contribution is 2.78. The Morgan fingerprint density at radius 3 is 2.12 bits per heavy atom. The number of hydrogen-bond donors (Lipinski definition) is 1. The summed E-state index contributed by atoms with van der Waals surface area (Å²) in [7, 11) is 0. The molecule has 5 saturated carbocycles. The largest absolute Gasteiger partial charge is 0.393 e. The van der Waals surface area contributed by atoms with E-state index < -0.39 is 0 Å². The number of aliphatic hydroxyl groups excluding tert-OH is 1. The Morgan fingerprint density at radius 2 is 1.38 bits per heavy atom. The van der Waals surface area contributed by atoms with E-state index in [0.717, 1.165) is 24.9 Å². The van der Waals surface area contributed by atoms with Gasteiger partial charge in [-0.1, -0.05) is 48.5 Å². The molecule has 0 amide bonds. The third-order valence-corrected chi connectivity index (χ3v) is 14.0. The van der Waals surface area contributed by atoms with Crippen molar-refractivity contribution in [2.24, 2.45) is 56.2 Å². The average Bonchev–Trinajstić information content (AvgIpc) is 3.05. The number of ether oxygens (including phenoxy) is 1. The third kappa shape index (κ3) is 2.41. The molecule has 0 spiro atoms. The normalized spacial score (nSPS) is 60.0. The SMILES string of the molecule is CC1(C)CC[C@]23CC[C@]4(C)[C@H](CC[C@@H]5[C@@]6(C)[C@@H](O)CCC(C)(C)[C@@H]6CC[C@]54C)[C@H]2[C@H]1OC3. The predicted octanol–water partition coefficient (Wildman–Crippen LogP) is 7.24. The van der Waals surface area contributed by atoms with Crippen LogP contribution in [0.15, 0.2) is 0 Å². The molecule has 2 bridgehead atoms. The van der Waals surface area contributed by atoms with E-state index in [0.29, 0.717) is 45.0 Å². The van der Waals surface area contributed by atoms with E-state index in [2.05, 4.69) is 48.5 Å². The lowest BCUT2D eigenvalue weighted by Gasteiger charge is -2.73. The summed E-state index contributed by atoms with van der Waals surface area (Å²) in [5.74, 6) is 2.90. The van der Waals surface area contributed by atoms with Crippen molar-refractivity contribution in [1.82, 2.24) is 0 Å². The standard InChI is InChI=1S/C30H50O2/c1-25(2)12-11-22(31)29(7)20(25)10-13-28(6)21(29)9-8-19-23-24-26(3,4)14-16-30(23,18-32-24)17-15-27(19,28)5/h19-24,31H,8-18H2,1-7H3/t19-,20+,21+,22+,23+,24-,27-,28-,29+,30-/m1/s1.